The zero-order valence-electron chi connectivity index (χ0n) is 38.3. The average molecular weight is 951 g/mol. The van der Waals surface area contributed by atoms with Crippen LogP contribution in [0.2, 0.25) is 0 Å². The molecular weight excluding hydrogens is 899 g/mol. The van der Waals surface area contributed by atoms with Crippen molar-refractivity contribution in [2.45, 2.75) is 39.5 Å². The van der Waals surface area contributed by atoms with Crippen LogP contribution in [0.5, 0.6) is 46.3 Å². The molecule has 2 aliphatic heterocycles. The number of benzene rings is 4. The zero-order chi connectivity index (χ0) is 47.5. The number of aryl methyl sites for hydroxylation is 2. The molecule has 2 saturated heterocycles. The van der Waals surface area contributed by atoms with E-state index in [-0.39, 0.29) is 29.2 Å². The second-order valence-electron chi connectivity index (χ2n) is 17.1. The van der Waals surface area contributed by atoms with Crippen molar-refractivity contribution in [3.8, 4) is 46.3 Å². The van der Waals surface area contributed by atoms with E-state index < -0.39 is 21.7 Å². The third kappa shape index (κ3) is 10.0. The predicted octanol–water partition coefficient (Wildman–Crippen LogP) is 9.15. The number of fused-ring (bicyclic) bond motifs is 4. The van der Waals surface area contributed by atoms with Crippen molar-refractivity contribution in [2.75, 3.05) is 59.9 Å². The van der Waals surface area contributed by atoms with Crippen LogP contribution in [0.4, 0.5) is 8.78 Å². The fraction of sp³-hybridized carbons (Fsp3) is 0.347. The number of rotatable bonds is 13. The number of nitrogens with zero attached hydrogens (tertiary/aromatic N) is 5. The summed E-state index contributed by atoms with van der Waals surface area (Å²) in [6.07, 6.45) is 7.61. The highest BCUT2D eigenvalue weighted by molar-refractivity contribution is 7.88. The molecule has 0 aliphatic carbocycles. The second kappa shape index (κ2) is 19.8. The maximum absolute atomic E-state index is 15.1. The van der Waals surface area contributed by atoms with Crippen LogP contribution in [0, 0.1) is 37.3 Å². The van der Waals surface area contributed by atoms with Crippen LogP contribution in [0.1, 0.15) is 37.1 Å². The number of hydrogen-bond acceptors (Lipinski definition) is 13. The van der Waals surface area contributed by atoms with Gasteiger partial charge in [0.1, 0.15) is 12.7 Å². The summed E-state index contributed by atoms with van der Waals surface area (Å²) in [6.45, 7) is 7.80. The number of hydrogen-bond donors (Lipinski definition) is 3. The second-order valence-corrected chi connectivity index (χ2v) is 19.1. The number of ether oxygens (including phenoxy) is 6. The molecule has 0 bridgehead atoms. The minimum Gasteiger partial charge on any atom is -0.493 e. The third-order valence-corrected chi connectivity index (χ3v) is 13.6. The van der Waals surface area contributed by atoms with Gasteiger partial charge in [0.25, 0.3) is 0 Å². The van der Waals surface area contributed by atoms with Crippen molar-refractivity contribution in [3.63, 3.8) is 0 Å². The van der Waals surface area contributed by atoms with Crippen LogP contribution in [-0.2, 0) is 10.0 Å². The number of aromatic nitrogens is 6. The zero-order valence-corrected chi connectivity index (χ0v) is 39.1. The summed E-state index contributed by atoms with van der Waals surface area (Å²) in [5.74, 6) is 2.59. The predicted molar refractivity (Wildman–Crippen MR) is 254 cm³/mol. The molecule has 356 valence electrons. The van der Waals surface area contributed by atoms with Gasteiger partial charge in [0.05, 0.1) is 55.5 Å². The molecule has 0 radical (unpaired) electrons. The largest absolute Gasteiger partial charge is 0.493 e. The molecule has 0 unspecified atom stereocenters. The summed E-state index contributed by atoms with van der Waals surface area (Å²) < 4.78 is 90.1. The highest BCUT2D eigenvalue weighted by atomic mass is 32.2. The number of sulfonamides is 1. The van der Waals surface area contributed by atoms with Gasteiger partial charge in [-0.25, -0.2) is 41.4 Å². The molecule has 4 aromatic heterocycles. The van der Waals surface area contributed by atoms with Crippen LogP contribution in [0.3, 0.4) is 0 Å². The van der Waals surface area contributed by atoms with E-state index in [1.54, 1.807) is 61.7 Å². The molecule has 16 nitrogen and oxygen atoms in total. The molecule has 0 amide bonds. The summed E-state index contributed by atoms with van der Waals surface area (Å²) in [7, 11) is -0.0489. The van der Waals surface area contributed by atoms with Crippen molar-refractivity contribution in [1.29, 1.82) is 0 Å². The molecule has 10 rings (SSSR count). The molecule has 6 heterocycles. The molecule has 19 heteroatoms. The molecule has 8 aromatic rings. The highest BCUT2D eigenvalue weighted by Gasteiger charge is 2.26. The smallest absolute Gasteiger partial charge is 0.230 e. The van der Waals surface area contributed by atoms with Crippen molar-refractivity contribution < 1.29 is 45.6 Å². The van der Waals surface area contributed by atoms with E-state index in [1.165, 1.54) is 30.3 Å². The van der Waals surface area contributed by atoms with Crippen LogP contribution < -0.4 is 33.7 Å². The van der Waals surface area contributed by atoms with Crippen molar-refractivity contribution in [2.24, 2.45) is 11.8 Å². The Morgan fingerprint density at radius 1 is 0.603 bits per heavy atom. The van der Waals surface area contributed by atoms with E-state index in [1.807, 2.05) is 19.9 Å². The SMILES string of the molecule is COc1cc2c(Oc3ccc4[nH]c(C)cc4c3F)ncnc2cc1OCC1CCN(S(C)(=O)=O)CC1.COc1cc2c(Oc3ccc4[nH]c(C)cc4c3F)ncnc2cc1OCC1CCNCC1. The normalized spacial score (nSPS) is 15.1. The van der Waals surface area contributed by atoms with Gasteiger partial charge in [-0.3, -0.25) is 0 Å². The first-order valence-corrected chi connectivity index (χ1v) is 24.2. The van der Waals surface area contributed by atoms with E-state index in [9.17, 15) is 8.42 Å². The number of methoxy groups -OCH3 is 2. The Kier molecular flexibility index (Phi) is 13.5. The molecule has 4 aromatic carbocycles. The van der Waals surface area contributed by atoms with Crippen molar-refractivity contribution in [1.82, 2.24) is 39.5 Å². The molecule has 3 N–H and O–H groups in total. The Labute approximate surface area is 391 Å². The van der Waals surface area contributed by atoms with E-state index in [4.69, 9.17) is 28.4 Å². The molecule has 0 saturated carbocycles. The first-order chi connectivity index (χ1) is 32.8. The lowest BCUT2D eigenvalue weighted by atomic mass is 9.99. The maximum atomic E-state index is 15.1. The molecule has 68 heavy (non-hydrogen) atoms. The first-order valence-electron chi connectivity index (χ1n) is 22.3. The van der Waals surface area contributed by atoms with Gasteiger partial charge in [-0.2, -0.15) is 0 Å². The number of aromatic amines is 2. The van der Waals surface area contributed by atoms with Gasteiger partial charge in [0.2, 0.25) is 21.8 Å². The van der Waals surface area contributed by atoms with Gasteiger partial charge < -0.3 is 43.7 Å². The van der Waals surface area contributed by atoms with Crippen LogP contribution in [-0.4, -0.2) is 102 Å². The monoisotopic (exact) mass is 950 g/mol. The number of piperidine rings is 2. The summed E-state index contributed by atoms with van der Waals surface area (Å²) in [4.78, 5) is 23.4. The Morgan fingerprint density at radius 2 is 1.06 bits per heavy atom. The summed E-state index contributed by atoms with van der Waals surface area (Å²) >= 11 is 0. The summed E-state index contributed by atoms with van der Waals surface area (Å²) in [5.41, 5.74) is 4.33. The standard InChI is InChI=1S/C25H27FN4O5S.C24H25FN4O3/c1-15-10-17-19(29-15)4-5-21(24(17)26)35-25-18-11-22(33-2)23(12-20(18)27-14-28-25)34-13-16-6-8-30(9-7-16)36(3,31)32;1-14-9-16-18(29-14)3-4-20(23(16)25)32-24-17-10-21(30-2)22(11-19(17)27-13-28-24)31-12-15-5-7-26-8-6-15/h4-5,10-12,14,16,29H,6-9,13H2,1-3H3;3-4,9-11,13,15,26,29H,5-8,12H2,1-2H3. The van der Waals surface area contributed by atoms with Gasteiger partial charge in [-0.05, 0) is 113 Å². The highest BCUT2D eigenvalue weighted by Crippen LogP contribution is 2.40. The van der Waals surface area contributed by atoms with Crippen LogP contribution in [0.15, 0.2) is 73.3 Å². The average Bonchev–Trinajstić information content (AvgIpc) is 3.93. The molecule has 0 spiro atoms. The lowest BCUT2D eigenvalue weighted by Gasteiger charge is -2.30. The van der Waals surface area contributed by atoms with Crippen molar-refractivity contribution >= 4 is 53.6 Å². The van der Waals surface area contributed by atoms with E-state index in [2.05, 4.69) is 35.2 Å². The van der Waals surface area contributed by atoms with Gasteiger partial charge in [-0.15, -0.1) is 0 Å². The van der Waals surface area contributed by atoms with Gasteiger partial charge >= 0.3 is 0 Å². The minimum absolute atomic E-state index is 0.0567. The number of nitrogens with one attached hydrogen (secondary N) is 3. The molecule has 2 aliphatic rings. The lowest BCUT2D eigenvalue weighted by Crippen LogP contribution is -2.39. The van der Waals surface area contributed by atoms with E-state index in [0.29, 0.717) is 93.3 Å². The Balaban J connectivity index is 0.000000171. The fourth-order valence-corrected chi connectivity index (χ4v) is 9.48. The first kappa shape index (κ1) is 46.3. The Hall–Kier alpha value is -6.83. The third-order valence-electron chi connectivity index (χ3n) is 12.3. The Bertz CT molecular complexity index is 3230. The minimum atomic E-state index is -3.17. The quantitative estimate of drug-likeness (QED) is 0.0994. The van der Waals surface area contributed by atoms with Gasteiger partial charge in [0, 0.05) is 58.4 Å². The number of H-pyrrole nitrogens is 2. The van der Waals surface area contributed by atoms with E-state index in [0.717, 1.165) is 55.7 Å². The van der Waals surface area contributed by atoms with Crippen molar-refractivity contribution in [3.05, 3.63) is 96.3 Å². The summed E-state index contributed by atoms with van der Waals surface area (Å²) in [6, 6.07) is 17.2. The van der Waals surface area contributed by atoms with Gasteiger partial charge in [0.15, 0.2) is 46.1 Å². The Morgan fingerprint density at radius 3 is 1.50 bits per heavy atom. The molecule has 2 fully saturated rings. The summed E-state index contributed by atoms with van der Waals surface area (Å²) in [5, 5.41) is 5.44. The molecule has 0 atom stereocenters. The lowest BCUT2D eigenvalue weighted by molar-refractivity contribution is 0.181. The molecular formula is C49H52F2N8O8S. The number of halogens is 2. The maximum Gasteiger partial charge on any atom is 0.230 e. The van der Waals surface area contributed by atoms with Crippen LogP contribution >= 0.6 is 0 Å². The van der Waals surface area contributed by atoms with E-state index >= 15 is 8.78 Å². The topological polar surface area (TPSA) is 188 Å². The fourth-order valence-electron chi connectivity index (χ4n) is 8.60. The van der Waals surface area contributed by atoms with Gasteiger partial charge in [-0.1, -0.05) is 0 Å². The van der Waals surface area contributed by atoms with Crippen LogP contribution in [0.25, 0.3) is 43.6 Å².